The van der Waals surface area contributed by atoms with Gasteiger partial charge in [-0.1, -0.05) is 32.4 Å². The second-order valence-electron chi connectivity index (χ2n) is 10.9. The fourth-order valence-corrected chi connectivity index (χ4v) is 8.45. The smallest absolute Gasteiger partial charge is 0.172 e. The molecule has 0 aromatic heterocycles. The van der Waals surface area contributed by atoms with Gasteiger partial charge in [0.15, 0.2) is 5.79 Å². The zero-order valence-electron chi connectivity index (χ0n) is 17.5. The predicted molar refractivity (Wildman–Crippen MR) is 106 cm³/mol. The van der Waals surface area contributed by atoms with Gasteiger partial charge in [-0.3, -0.25) is 0 Å². The minimum atomic E-state index is -0.295. The van der Waals surface area contributed by atoms with Crippen molar-refractivity contribution in [2.45, 2.75) is 77.9 Å². The van der Waals surface area contributed by atoms with Crippen LogP contribution >= 0.6 is 0 Å². The van der Waals surface area contributed by atoms with Gasteiger partial charge in [0.25, 0.3) is 0 Å². The number of aliphatic hydroxyl groups excluding tert-OH is 1. The lowest BCUT2D eigenvalue weighted by atomic mass is 9.47. The zero-order chi connectivity index (χ0) is 18.9. The topological polar surface area (TPSA) is 38.7 Å². The summed E-state index contributed by atoms with van der Waals surface area (Å²) in [5.74, 6) is 3.39. The number of aliphatic hydroxyl groups is 1. The first-order valence-electron chi connectivity index (χ1n) is 11.5. The van der Waals surface area contributed by atoms with Crippen LogP contribution in [0.4, 0.5) is 0 Å². The van der Waals surface area contributed by atoms with Gasteiger partial charge in [-0.25, -0.2) is 0 Å². The Hall–Kier alpha value is -0.380. The summed E-state index contributed by atoms with van der Waals surface area (Å²) in [4.78, 5) is 0. The molecule has 4 fully saturated rings. The van der Waals surface area contributed by atoms with Gasteiger partial charge in [-0.05, 0) is 78.9 Å². The van der Waals surface area contributed by atoms with E-state index in [2.05, 4.69) is 26.8 Å². The van der Waals surface area contributed by atoms with Gasteiger partial charge in [0, 0.05) is 19.4 Å². The van der Waals surface area contributed by atoms with Gasteiger partial charge in [-0.15, -0.1) is 0 Å². The summed E-state index contributed by atoms with van der Waals surface area (Å²) in [7, 11) is 0. The molecule has 3 nitrogen and oxygen atoms in total. The van der Waals surface area contributed by atoms with Gasteiger partial charge in [0.1, 0.15) is 0 Å². The molecule has 1 aliphatic heterocycles. The zero-order valence-corrected chi connectivity index (χ0v) is 17.5. The minimum absolute atomic E-state index is 0.295. The summed E-state index contributed by atoms with van der Waals surface area (Å²) in [6.07, 6.45) is 12.6. The Morgan fingerprint density at radius 1 is 1.07 bits per heavy atom. The summed E-state index contributed by atoms with van der Waals surface area (Å²) >= 11 is 0. The Morgan fingerprint density at radius 2 is 1.85 bits per heavy atom. The first-order chi connectivity index (χ1) is 12.9. The summed E-state index contributed by atoms with van der Waals surface area (Å²) in [5.41, 5.74) is 2.43. The number of ether oxygens (including phenoxy) is 2. The van der Waals surface area contributed by atoms with Crippen LogP contribution in [0.15, 0.2) is 11.6 Å². The van der Waals surface area contributed by atoms with Crippen LogP contribution in [0.1, 0.15) is 72.1 Å². The molecule has 1 spiro atoms. The molecule has 0 radical (unpaired) electrons. The maximum atomic E-state index is 9.80. The van der Waals surface area contributed by atoms with Crippen LogP contribution in [0.25, 0.3) is 0 Å². The van der Waals surface area contributed by atoms with E-state index in [0.29, 0.717) is 29.3 Å². The van der Waals surface area contributed by atoms with Crippen molar-refractivity contribution in [1.82, 2.24) is 0 Å². The van der Waals surface area contributed by atoms with E-state index in [0.717, 1.165) is 43.8 Å². The van der Waals surface area contributed by atoms with Crippen molar-refractivity contribution >= 4 is 0 Å². The van der Waals surface area contributed by atoms with Crippen LogP contribution in [-0.4, -0.2) is 30.7 Å². The quantitative estimate of drug-likeness (QED) is 0.696. The number of hydrogen-bond donors (Lipinski definition) is 1. The van der Waals surface area contributed by atoms with Crippen molar-refractivity contribution in [1.29, 1.82) is 0 Å². The maximum absolute atomic E-state index is 9.80. The molecule has 3 heteroatoms. The van der Waals surface area contributed by atoms with E-state index in [1.807, 2.05) is 0 Å². The van der Waals surface area contributed by atoms with Crippen molar-refractivity contribution in [3.63, 3.8) is 0 Å². The molecule has 0 aromatic rings. The van der Waals surface area contributed by atoms with Gasteiger partial charge < -0.3 is 14.6 Å². The molecule has 0 bridgehead atoms. The van der Waals surface area contributed by atoms with Crippen molar-refractivity contribution in [2.24, 2.45) is 40.4 Å². The monoisotopic (exact) mass is 374 g/mol. The van der Waals surface area contributed by atoms with Crippen molar-refractivity contribution in [2.75, 3.05) is 19.8 Å². The summed E-state index contributed by atoms with van der Waals surface area (Å²) in [6.45, 7) is 9.28. The fourth-order valence-electron chi connectivity index (χ4n) is 8.45. The van der Waals surface area contributed by atoms with E-state index in [4.69, 9.17) is 9.47 Å². The molecule has 152 valence electrons. The van der Waals surface area contributed by atoms with Crippen LogP contribution < -0.4 is 0 Å². The fraction of sp³-hybridized carbons (Fsp3) is 0.917. The highest BCUT2D eigenvalue weighted by Gasteiger charge is 2.60. The molecule has 7 atom stereocenters. The van der Waals surface area contributed by atoms with Crippen LogP contribution in [0.3, 0.4) is 0 Å². The lowest BCUT2D eigenvalue weighted by Gasteiger charge is -2.59. The summed E-state index contributed by atoms with van der Waals surface area (Å²) in [6, 6.07) is 0. The SMILES string of the molecule is CC(CO)C1CCC2C3CC=C4CC5(CC[C@]4(C)C3CCC12C)OCCO5. The molecular formula is C24H38O3. The maximum Gasteiger partial charge on any atom is 0.172 e. The summed E-state index contributed by atoms with van der Waals surface area (Å²) < 4.78 is 12.1. The van der Waals surface area contributed by atoms with Crippen molar-refractivity contribution < 1.29 is 14.6 Å². The summed E-state index contributed by atoms with van der Waals surface area (Å²) in [5, 5.41) is 9.80. The molecule has 0 amide bonds. The number of rotatable bonds is 2. The Morgan fingerprint density at radius 3 is 2.59 bits per heavy atom. The standard InChI is InChI=1S/C24H38O3/c1-16(15-25)19-6-7-20-18-5-4-17-14-24(26-12-13-27-24)11-10-22(17,2)21(18)8-9-23(19,20)3/h4,16,18-21,25H,5-15H2,1-3H3/t16?,18?,19?,20?,21?,22-,23?/m0/s1. The molecule has 0 aromatic carbocycles. The van der Waals surface area contributed by atoms with Crippen LogP contribution in [0.2, 0.25) is 0 Å². The molecule has 5 rings (SSSR count). The van der Waals surface area contributed by atoms with Crippen LogP contribution in [0, 0.1) is 40.4 Å². The number of fused-ring (bicyclic) bond motifs is 5. The lowest BCUT2D eigenvalue weighted by Crippen LogP contribution is -2.52. The Bertz CT molecular complexity index is 621. The number of hydrogen-bond acceptors (Lipinski definition) is 3. The minimum Gasteiger partial charge on any atom is -0.396 e. The van der Waals surface area contributed by atoms with Crippen LogP contribution in [0.5, 0.6) is 0 Å². The van der Waals surface area contributed by atoms with Crippen molar-refractivity contribution in [3.8, 4) is 0 Å². The van der Waals surface area contributed by atoms with Gasteiger partial charge >= 0.3 is 0 Å². The first-order valence-corrected chi connectivity index (χ1v) is 11.5. The molecule has 5 aliphatic rings. The highest BCUT2D eigenvalue weighted by Crippen LogP contribution is 2.67. The van der Waals surface area contributed by atoms with E-state index < -0.39 is 0 Å². The Kier molecular flexibility index (Phi) is 4.35. The first kappa shape index (κ1) is 18.6. The third kappa shape index (κ3) is 2.57. The molecule has 4 aliphatic carbocycles. The van der Waals surface area contributed by atoms with E-state index in [1.54, 1.807) is 5.57 Å². The average molecular weight is 375 g/mol. The van der Waals surface area contributed by atoms with Gasteiger partial charge in [0.2, 0.25) is 0 Å². The highest BCUT2D eigenvalue weighted by molar-refractivity contribution is 5.26. The van der Waals surface area contributed by atoms with Gasteiger partial charge in [-0.2, -0.15) is 0 Å². The molecule has 1 N–H and O–H groups in total. The second kappa shape index (κ2) is 6.31. The third-order valence-electron chi connectivity index (χ3n) is 9.97. The van der Waals surface area contributed by atoms with E-state index in [9.17, 15) is 5.11 Å². The lowest BCUT2D eigenvalue weighted by molar-refractivity contribution is -0.185. The highest BCUT2D eigenvalue weighted by atomic mass is 16.7. The predicted octanol–water partition coefficient (Wildman–Crippen LogP) is 4.94. The van der Waals surface area contributed by atoms with E-state index in [-0.39, 0.29) is 5.79 Å². The number of allylic oxidation sites excluding steroid dienone is 1. The molecule has 1 saturated heterocycles. The van der Waals surface area contributed by atoms with Gasteiger partial charge in [0.05, 0.1) is 13.2 Å². The van der Waals surface area contributed by atoms with E-state index in [1.165, 1.54) is 38.5 Å². The second-order valence-corrected chi connectivity index (χ2v) is 10.9. The van der Waals surface area contributed by atoms with Crippen molar-refractivity contribution in [3.05, 3.63) is 11.6 Å². The Labute approximate surface area is 164 Å². The van der Waals surface area contributed by atoms with Crippen LogP contribution in [-0.2, 0) is 9.47 Å². The van der Waals surface area contributed by atoms with E-state index >= 15 is 0 Å². The molecular weight excluding hydrogens is 336 g/mol. The molecule has 1 heterocycles. The largest absolute Gasteiger partial charge is 0.396 e. The average Bonchev–Trinajstić information content (AvgIpc) is 3.26. The molecule has 3 saturated carbocycles. The normalized spacial score (nSPS) is 49.3. The molecule has 27 heavy (non-hydrogen) atoms. The third-order valence-corrected chi connectivity index (χ3v) is 9.97. The Balaban J connectivity index is 1.42. The molecule has 6 unspecified atom stereocenters.